The van der Waals surface area contributed by atoms with Crippen LogP contribution in [0.15, 0.2) is 84.1 Å². The second-order valence-corrected chi connectivity index (χ2v) is 7.86. The molecule has 6 nitrogen and oxygen atoms in total. The number of nitrogens with zero attached hydrogens (tertiary/aromatic N) is 3. The van der Waals surface area contributed by atoms with Crippen molar-refractivity contribution in [2.75, 3.05) is 18.0 Å². The van der Waals surface area contributed by atoms with Gasteiger partial charge in [-0.15, -0.1) is 0 Å². The number of nitrogens with one attached hydrogen (secondary N) is 1. The van der Waals surface area contributed by atoms with E-state index >= 15 is 0 Å². The maximum absolute atomic E-state index is 6.48. The van der Waals surface area contributed by atoms with Crippen molar-refractivity contribution in [1.29, 1.82) is 0 Å². The summed E-state index contributed by atoms with van der Waals surface area (Å²) in [5, 5.41) is 1.09. The maximum Gasteiger partial charge on any atom is 0.130 e. The summed E-state index contributed by atoms with van der Waals surface area (Å²) >= 11 is 1.55. The fourth-order valence-corrected chi connectivity index (χ4v) is 3.89. The van der Waals surface area contributed by atoms with E-state index in [0.717, 1.165) is 44.7 Å². The lowest BCUT2D eigenvalue weighted by molar-refractivity contribution is 0.302. The van der Waals surface area contributed by atoms with Gasteiger partial charge in [-0.2, -0.15) is 0 Å². The van der Waals surface area contributed by atoms with Gasteiger partial charge in [0, 0.05) is 48.6 Å². The zero-order valence-electron chi connectivity index (χ0n) is 18.5. The number of anilines is 1. The van der Waals surface area contributed by atoms with E-state index in [1.54, 1.807) is 37.6 Å². The first-order valence-corrected chi connectivity index (χ1v) is 11.6. The number of para-hydroxylation sites is 1. The van der Waals surface area contributed by atoms with Gasteiger partial charge in [0.25, 0.3) is 0 Å². The number of ether oxygens (including phenoxy) is 1. The molecule has 0 spiro atoms. The van der Waals surface area contributed by atoms with Crippen molar-refractivity contribution in [2.45, 2.75) is 6.61 Å². The van der Waals surface area contributed by atoms with E-state index in [4.69, 9.17) is 15.5 Å². The molecule has 2 heterocycles. The van der Waals surface area contributed by atoms with Gasteiger partial charge in [-0.25, -0.2) is 4.98 Å². The van der Waals surface area contributed by atoms with E-state index in [1.165, 1.54) is 0 Å². The van der Waals surface area contributed by atoms with Gasteiger partial charge < -0.3 is 15.2 Å². The van der Waals surface area contributed by atoms with E-state index in [-0.39, 0.29) is 0 Å². The molecule has 0 atom stereocenters. The topological polar surface area (TPSA) is 85.4 Å². The van der Waals surface area contributed by atoms with Gasteiger partial charge in [-0.3, -0.25) is 9.98 Å². The molecule has 2 aromatic carbocycles. The second kappa shape index (κ2) is 10.7. The standard InChI is InChI=1S/C26H25N5OS/c1-28-16-23(18-11-13-29-14-12-18)26(27)19-7-9-21(10-8-19)32-17-20-15-25(31-33-2)22-5-3-4-6-24(22)30-20/h3-16H,17,27H2,1-2H3,(H,30,31)/b26-23+,28-16?. The van der Waals surface area contributed by atoms with Crippen LogP contribution < -0.4 is 15.2 Å². The highest BCUT2D eigenvalue weighted by molar-refractivity contribution is 7.99. The highest BCUT2D eigenvalue weighted by atomic mass is 32.2. The average Bonchev–Trinajstić information content (AvgIpc) is 2.87. The molecule has 3 N–H and O–H groups in total. The van der Waals surface area contributed by atoms with Crippen molar-refractivity contribution < 1.29 is 4.74 Å². The molecule has 0 bridgehead atoms. The average molecular weight is 456 g/mol. The number of fused-ring (bicyclic) bond motifs is 1. The molecule has 0 aliphatic carbocycles. The Hall–Kier alpha value is -3.84. The molecule has 0 radical (unpaired) electrons. The zero-order chi connectivity index (χ0) is 23.0. The molecule has 0 amide bonds. The first kappa shape index (κ1) is 22.4. The van der Waals surface area contributed by atoms with Crippen molar-refractivity contribution >= 4 is 46.0 Å². The van der Waals surface area contributed by atoms with E-state index < -0.39 is 0 Å². The Balaban J connectivity index is 1.53. The van der Waals surface area contributed by atoms with E-state index in [2.05, 4.69) is 20.8 Å². The quantitative estimate of drug-likeness (QED) is 0.272. The lowest BCUT2D eigenvalue weighted by Gasteiger charge is -2.12. The summed E-state index contributed by atoms with van der Waals surface area (Å²) in [6, 6.07) is 21.7. The minimum Gasteiger partial charge on any atom is -0.487 e. The highest BCUT2D eigenvalue weighted by Gasteiger charge is 2.09. The van der Waals surface area contributed by atoms with Crippen LogP contribution in [0.4, 0.5) is 5.69 Å². The van der Waals surface area contributed by atoms with Crippen LogP contribution in [-0.4, -0.2) is 29.5 Å². The first-order chi connectivity index (χ1) is 16.2. The number of allylic oxidation sites excluding steroid dienone is 1. The summed E-state index contributed by atoms with van der Waals surface area (Å²) in [6.45, 7) is 0.364. The third-order valence-corrected chi connectivity index (χ3v) is 5.50. The summed E-state index contributed by atoms with van der Waals surface area (Å²) in [5.41, 5.74) is 12.6. The van der Waals surface area contributed by atoms with E-state index in [9.17, 15) is 0 Å². The number of rotatable bonds is 8. The Kier molecular flexibility index (Phi) is 7.22. The first-order valence-electron chi connectivity index (χ1n) is 10.4. The van der Waals surface area contributed by atoms with Gasteiger partial charge in [0.05, 0.1) is 16.9 Å². The smallest absolute Gasteiger partial charge is 0.130 e. The molecular weight excluding hydrogens is 430 g/mol. The number of pyridine rings is 2. The van der Waals surface area contributed by atoms with Crippen LogP contribution in [0.2, 0.25) is 0 Å². The molecule has 166 valence electrons. The Morgan fingerprint density at radius 1 is 1.06 bits per heavy atom. The monoisotopic (exact) mass is 455 g/mol. The lowest BCUT2D eigenvalue weighted by Crippen LogP contribution is -2.03. The number of aliphatic imine (C=N–C) groups is 1. The predicted molar refractivity (Wildman–Crippen MR) is 139 cm³/mol. The summed E-state index contributed by atoms with van der Waals surface area (Å²) in [5.74, 6) is 0.746. The Labute approximate surface area is 197 Å². The minimum atomic E-state index is 0.364. The van der Waals surface area contributed by atoms with Gasteiger partial charge in [0.2, 0.25) is 0 Å². The third-order valence-electron chi connectivity index (χ3n) is 5.07. The van der Waals surface area contributed by atoms with Gasteiger partial charge in [-0.05, 0) is 59.7 Å². The molecular formula is C26H25N5OS. The van der Waals surface area contributed by atoms with Crippen LogP contribution in [-0.2, 0) is 6.61 Å². The number of hydrogen-bond donors (Lipinski definition) is 2. The molecule has 0 fully saturated rings. The predicted octanol–water partition coefficient (Wildman–Crippen LogP) is 5.43. The molecule has 4 aromatic rings. The molecule has 0 aliphatic rings. The lowest BCUT2D eigenvalue weighted by atomic mass is 10.0. The molecule has 0 unspecified atom stereocenters. The highest BCUT2D eigenvalue weighted by Crippen LogP contribution is 2.26. The molecule has 0 saturated heterocycles. The third kappa shape index (κ3) is 5.32. The fraction of sp³-hybridized carbons (Fsp3) is 0.115. The van der Waals surface area contributed by atoms with Crippen LogP contribution in [0.3, 0.4) is 0 Å². The van der Waals surface area contributed by atoms with E-state index in [0.29, 0.717) is 12.3 Å². The molecule has 2 aromatic heterocycles. The molecule has 33 heavy (non-hydrogen) atoms. The minimum absolute atomic E-state index is 0.364. The molecule has 0 saturated carbocycles. The molecule has 4 rings (SSSR count). The Morgan fingerprint density at radius 3 is 2.55 bits per heavy atom. The van der Waals surface area contributed by atoms with Gasteiger partial charge in [-0.1, -0.05) is 30.1 Å². The van der Waals surface area contributed by atoms with Crippen molar-refractivity contribution in [2.24, 2.45) is 10.7 Å². The number of aromatic nitrogens is 2. The summed E-state index contributed by atoms with van der Waals surface area (Å²) < 4.78 is 9.34. The number of nitrogens with two attached hydrogens (primary N) is 1. The van der Waals surface area contributed by atoms with Crippen molar-refractivity contribution in [3.8, 4) is 5.75 Å². The SMILES string of the molecule is CN=C/C(=C(\N)c1ccc(OCc2cc(NSC)c3ccccc3n2)cc1)c1ccncc1. The zero-order valence-corrected chi connectivity index (χ0v) is 19.3. The van der Waals surface area contributed by atoms with Gasteiger partial charge in [0.1, 0.15) is 12.4 Å². The van der Waals surface area contributed by atoms with Crippen LogP contribution in [0.1, 0.15) is 16.8 Å². The van der Waals surface area contributed by atoms with Crippen molar-refractivity contribution in [1.82, 2.24) is 9.97 Å². The van der Waals surface area contributed by atoms with Crippen LogP contribution >= 0.6 is 11.9 Å². The van der Waals surface area contributed by atoms with Gasteiger partial charge >= 0.3 is 0 Å². The summed E-state index contributed by atoms with van der Waals surface area (Å²) in [6.07, 6.45) is 7.24. The van der Waals surface area contributed by atoms with Crippen molar-refractivity contribution in [3.05, 3.63) is 95.9 Å². The summed E-state index contributed by atoms with van der Waals surface area (Å²) in [7, 11) is 1.73. The van der Waals surface area contributed by atoms with E-state index in [1.807, 2.05) is 66.9 Å². The van der Waals surface area contributed by atoms with Gasteiger partial charge in [0.15, 0.2) is 0 Å². The van der Waals surface area contributed by atoms with Crippen LogP contribution in [0, 0.1) is 0 Å². The number of hydrogen-bond acceptors (Lipinski definition) is 7. The summed E-state index contributed by atoms with van der Waals surface area (Å²) in [4.78, 5) is 13.0. The molecule has 0 aliphatic heterocycles. The Morgan fingerprint density at radius 2 is 1.82 bits per heavy atom. The Bertz CT molecular complexity index is 1290. The number of benzene rings is 2. The fourth-order valence-electron chi connectivity index (χ4n) is 3.50. The molecule has 7 heteroatoms. The van der Waals surface area contributed by atoms with Crippen molar-refractivity contribution in [3.63, 3.8) is 0 Å². The second-order valence-electron chi connectivity index (χ2n) is 7.25. The largest absolute Gasteiger partial charge is 0.487 e. The maximum atomic E-state index is 6.48. The normalized spacial score (nSPS) is 12.1. The van der Waals surface area contributed by atoms with Crippen LogP contribution in [0.5, 0.6) is 5.75 Å². The van der Waals surface area contributed by atoms with Crippen LogP contribution in [0.25, 0.3) is 22.2 Å².